The maximum atomic E-state index is 13.2. The number of hydrogen-bond donors (Lipinski definition) is 1. The molecule has 0 amide bonds. The summed E-state index contributed by atoms with van der Waals surface area (Å²) in [4.78, 5) is 2.51. The van der Waals surface area contributed by atoms with E-state index in [4.69, 9.17) is 0 Å². The van der Waals surface area contributed by atoms with Crippen molar-refractivity contribution in [1.29, 1.82) is 0 Å². The Labute approximate surface area is 120 Å². The van der Waals surface area contributed by atoms with E-state index in [-0.39, 0.29) is 6.04 Å². The topological polar surface area (TPSA) is 15.3 Å². The highest BCUT2D eigenvalue weighted by Crippen LogP contribution is 2.16. The van der Waals surface area contributed by atoms with Crippen LogP contribution in [0.2, 0.25) is 0 Å². The minimum atomic E-state index is -0.786. The van der Waals surface area contributed by atoms with Crippen LogP contribution in [0.1, 0.15) is 44.2 Å². The first-order valence-electron chi connectivity index (χ1n) is 7.57. The molecule has 0 spiro atoms. The molecular formula is C16H24F2N2. The van der Waals surface area contributed by atoms with Crippen molar-refractivity contribution >= 4 is 0 Å². The third kappa shape index (κ3) is 4.53. The largest absolute Gasteiger partial charge is 0.310 e. The van der Waals surface area contributed by atoms with Gasteiger partial charge in [-0.3, -0.25) is 0 Å². The molecule has 1 fully saturated rings. The minimum absolute atomic E-state index is 0.0476. The van der Waals surface area contributed by atoms with Crippen molar-refractivity contribution in [1.82, 2.24) is 10.2 Å². The Bertz CT molecular complexity index is 417. The third-order valence-electron chi connectivity index (χ3n) is 3.99. The zero-order chi connectivity index (χ0) is 14.4. The highest BCUT2D eigenvalue weighted by Gasteiger charge is 2.11. The average molecular weight is 282 g/mol. The van der Waals surface area contributed by atoms with E-state index in [0.717, 1.165) is 25.1 Å². The quantitative estimate of drug-likeness (QED) is 0.803. The van der Waals surface area contributed by atoms with Gasteiger partial charge < -0.3 is 10.2 Å². The lowest BCUT2D eigenvalue weighted by atomic mass is 10.1. The molecule has 2 nitrogen and oxygen atoms in total. The molecular weight excluding hydrogens is 258 g/mol. The van der Waals surface area contributed by atoms with Gasteiger partial charge in [-0.25, -0.2) is 8.78 Å². The Kier molecular flexibility index (Phi) is 5.92. The van der Waals surface area contributed by atoms with Crippen molar-refractivity contribution in [2.75, 3.05) is 26.2 Å². The van der Waals surface area contributed by atoms with Crippen LogP contribution in [-0.4, -0.2) is 31.1 Å². The van der Waals surface area contributed by atoms with Crippen molar-refractivity contribution < 1.29 is 8.78 Å². The van der Waals surface area contributed by atoms with Crippen molar-refractivity contribution in [3.05, 3.63) is 35.4 Å². The van der Waals surface area contributed by atoms with Crippen LogP contribution in [0.4, 0.5) is 8.78 Å². The van der Waals surface area contributed by atoms with E-state index < -0.39 is 11.6 Å². The van der Waals surface area contributed by atoms with Crippen LogP contribution in [-0.2, 0) is 0 Å². The summed E-state index contributed by atoms with van der Waals surface area (Å²) in [6.07, 6.45) is 5.09. The fourth-order valence-corrected chi connectivity index (χ4v) is 2.70. The average Bonchev–Trinajstić information content (AvgIpc) is 2.47. The molecule has 1 aliphatic rings. The zero-order valence-electron chi connectivity index (χ0n) is 12.2. The highest BCUT2D eigenvalue weighted by atomic mass is 19.2. The SMILES string of the molecule is CC(NCCCN1CCCCC1)c1ccc(F)c(F)c1. The van der Waals surface area contributed by atoms with Crippen LogP contribution in [0.25, 0.3) is 0 Å². The van der Waals surface area contributed by atoms with Crippen molar-refractivity contribution in [2.45, 2.75) is 38.6 Å². The highest BCUT2D eigenvalue weighted by molar-refractivity contribution is 5.20. The van der Waals surface area contributed by atoms with Crippen LogP contribution >= 0.6 is 0 Å². The lowest BCUT2D eigenvalue weighted by Gasteiger charge is -2.26. The molecule has 1 aromatic carbocycles. The number of benzene rings is 1. The van der Waals surface area contributed by atoms with Crippen LogP contribution in [0.15, 0.2) is 18.2 Å². The van der Waals surface area contributed by atoms with Gasteiger partial charge in [-0.15, -0.1) is 0 Å². The molecule has 0 radical (unpaired) electrons. The molecule has 1 saturated heterocycles. The standard InChI is InChI=1S/C16H24F2N2/c1-13(14-6-7-15(17)16(18)12-14)19-8-5-11-20-9-3-2-4-10-20/h6-7,12-13,19H,2-5,8-11H2,1H3. The fraction of sp³-hybridized carbons (Fsp3) is 0.625. The van der Waals surface area contributed by atoms with Gasteiger partial charge in [-0.2, -0.15) is 0 Å². The summed E-state index contributed by atoms with van der Waals surface area (Å²) in [5.74, 6) is -1.56. The summed E-state index contributed by atoms with van der Waals surface area (Å²) in [6.45, 7) is 6.44. The molecule has 1 atom stereocenters. The van der Waals surface area contributed by atoms with E-state index in [1.807, 2.05) is 6.92 Å². The van der Waals surface area contributed by atoms with Gasteiger partial charge in [-0.1, -0.05) is 12.5 Å². The van der Waals surface area contributed by atoms with Crippen LogP contribution in [0, 0.1) is 11.6 Å². The second-order valence-corrected chi connectivity index (χ2v) is 5.61. The molecule has 1 aromatic rings. The van der Waals surface area contributed by atoms with Gasteiger partial charge >= 0.3 is 0 Å². The van der Waals surface area contributed by atoms with E-state index >= 15 is 0 Å². The van der Waals surface area contributed by atoms with Crippen molar-refractivity contribution in [2.24, 2.45) is 0 Å². The molecule has 0 aliphatic carbocycles. The predicted octanol–water partition coefficient (Wildman–Crippen LogP) is 3.49. The summed E-state index contributed by atoms with van der Waals surface area (Å²) < 4.78 is 26.0. The second-order valence-electron chi connectivity index (χ2n) is 5.61. The summed E-state index contributed by atoms with van der Waals surface area (Å²) in [6, 6.07) is 4.15. The Hall–Kier alpha value is -1.00. The van der Waals surface area contributed by atoms with Gasteiger partial charge in [-0.05, 0) is 70.1 Å². The maximum Gasteiger partial charge on any atom is 0.159 e. The van der Waals surface area contributed by atoms with E-state index in [2.05, 4.69) is 10.2 Å². The number of rotatable bonds is 6. The van der Waals surface area contributed by atoms with Gasteiger partial charge in [0.1, 0.15) is 0 Å². The number of likely N-dealkylation sites (tertiary alicyclic amines) is 1. The molecule has 20 heavy (non-hydrogen) atoms. The lowest BCUT2D eigenvalue weighted by molar-refractivity contribution is 0.225. The molecule has 1 aliphatic heterocycles. The lowest BCUT2D eigenvalue weighted by Crippen LogP contribution is -2.32. The Balaban J connectivity index is 1.69. The molecule has 0 saturated carbocycles. The summed E-state index contributed by atoms with van der Waals surface area (Å²) in [7, 11) is 0. The molecule has 2 rings (SSSR count). The first-order valence-corrected chi connectivity index (χ1v) is 7.57. The summed E-state index contributed by atoms with van der Waals surface area (Å²) in [5.41, 5.74) is 0.793. The molecule has 1 N–H and O–H groups in total. The number of piperidine rings is 1. The number of hydrogen-bond acceptors (Lipinski definition) is 2. The van der Waals surface area contributed by atoms with Gasteiger partial charge in [0.2, 0.25) is 0 Å². The fourth-order valence-electron chi connectivity index (χ4n) is 2.70. The smallest absolute Gasteiger partial charge is 0.159 e. The Morgan fingerprint density at radius 3 is 2.60 bits per heavy atom. The first kappa shape index (κ1) is 15.4. The molecule has 112 valence electrons. The van der Waals surface area contributed by atoms with Crippen LogP contribution in [0.5, 0.6) is 0 Å². The number of nitrogens with zero attached hydrogens (tertiary/aromatic N) is 1. The Morgan fingerprint density at radius 1 is 1.15 bits per heavy atom. The van der Waals surface area contributed by atoms with Crippen molar-refractivity contribution in [3.63, 3.8) is 0 Å². The van der Waals surface area contributed by atoms with E-state index in [1.165, 1.54) is 44.5 Å². The van der Waals surface area contributed by atoms with Crippen molar-refractivity contribution in [3.8, 4) is 0 Å². The second kappa shape index (κ2) is 7.70. The zero-order valence-corrected chi connectivity index (χ0v) is 12.2. The Morgan fingerprint density at radius 2 is 1.90 bits per heavy atom. The van der Waals surface area contributed by atoms with Gasteiger partial charge in [0.25, 0.3) is 0 Å². The van der Waals surface area contributed by atoms with E-state index in [0.29, 0.717) is 0 Å². The summed E-state index contributed by atoms with van der Waals surface area (Å²) in [5, 5.41) is 3.37. The van der Waals surface area contributed by atoms with Gasteiger partial charge in [0.15, 0.2) is 11.6 Å². The molecule has 0 bridgehead atoms. The maximum absolute atomic E-state index is 13.2. The monoisotopic (exact) mass is 282 g/mol. The number of halogens is 2. The molecule has 1 unspecified atom stereocenters. The van der Waals surface area contributed by atoms with Crippen LogP contribution in [0.3, 0.4) is 0 Å². The van der Waals surface area contributed by atoms with Crippen LogP contribution < -0.4 is 5.32 Å². The normalized spacial score (nSPS) is 18.1. The minimum Gasteiger partial charge on any atom is -0.310 e. The third-order valence-corrected chi connectivity index (χ3v) is 3.99. The summed E-state index contributed by atoms with van der Waals surface area (Å²) >= 11 is 0. The molecule has 4 heteroatoms. The molecule has 0 aromatic heterocycles. The van der Waals surface area contributed by atoms with Gasteiger partial charge in [0.05, 0.1) is 0 Å². The molecule has 1 heterocycles. The number of nitrogens with one attached hydrogen (secondary N) is 1. The van der Waals surface area contributed by atoms with E-state index in [1.54, 1.807) is 6.07 Å². The first-order chi connectivity index (χ1) is 9.66. The predicted molar refractivity (Wildman–Crippen MR) is 77.7 cm³/mol. The van der Waals surface area contributed by atoms with Gasteiger partial charge in [0, 0.05) is 6.04 Å². The van der Waals surface area contributed by atoms with E-state index in [9.17, 15) is 8.78 Å².